The van der Waals surface area contributed by atoms with Crippen LogP contribution in [-0.4, -0.2) is 30.8 Å². The fourth-order valence-corrected chi connectivity index (χ4v) is 2.78. The quantitative estimate of drug-likeness (QED) is 0.444. The summed E-state index contributed by atoms with van der Waals surface area (Å²) < 4.78 is 0. The summed E-state index contributed by atoms with van der Waals surface area (Å²) in [6, 6.07) is 17.5. The van der Waals surface area contributed by atoms with Gasteiger partial charge in [0.1, 0.15) is 0 Å². The lowest BCUT2D eigenvalue weighted by Crippen LogP contribution is -2.01. The van der Waals surface area contributed by atoms with Crippen molar-refractivity contribution in [2.45, 2.75) is 0 Å². The van der Waals surface area contributed by atoms with E-state index in [2.05, 4.69) is 30.8 Å². The first kappa shape index (κ1) is 16.5. The lowest BCUT2D eigenvalue weighted by molar-refractivity contribution is 0.866. The van der Waals surface area contributed by atoms with Crippen LogP contribution in [0.25, 0.3) is 34.7 Å². The van der Waals surface area contributed by atoms with Crippen molar-refractivity contribution in [2.75, 3.05) is 5.73 Å². The normalized spacial score (nSPS) is 11.0. The average Bonchev–Trinajstić information content (AvgIpc) is 2.74. The topological polar surface area (TPSA) is 103 Å². The van der Waals surface area contributed by atoms with E-state index in [1.807, 2.05) is 54.6 Å². The van der Waals surface area contributed by atoms with Gasteiger partial charge in [0, 0.05) is 16.8 Å². The van der Waals surface area contributed by atoms with Gasteiger partial charge in [0.2, 0.25) is 0 Å². The number of nitrogen functional groups attached to an aromatic ring is 1. The van der Waals surface area contributed by atoms with Gasteiger partial charge in [-0.15, -0.1) is 20.4 Å². The van der Waals surface area contributed by atoms with Crippen molar-refractivity contribution < 1.29 is 0 Å². The minimum absolute atomic E-state index is 0.582. The van der Waals surface area contributed by atoms with Crippen molar-refractivity contribution in [1.82, 2.24) is 30.8 Å². The molecule has 4 aromatic rings. The molecule has 0 amide bonds. The minimum atomic E-state index is 0.582. The second kappa shape index (κ2) is 7.49. The van der Waals surface area contributed by atoms with Gasteiger partial charge in [0.25, 0.3) is 0 Å². The molecule has 0 fully saturated rings. The highest BCUT2D eigenvalue weighted by molar-refractivity contribution is 5.93. The summed E-state index contributed by atoms with van der Waals surface area (Å²) in [7, 11) is 0. The van der Waals surface area contributed by atoms with Gasteiger partial charge in [0.05, 0.1) is 23.8 Å². The largest absolute Gasteiger partial charge is 0.398 e. The van der Waals surface area contributed by atoms with E-state index in [4.69, 9.17) is 5.73 Å². The Hall–Kier alpha value is -4.00. The van der Waals surface area contributed by atoms with Crippen molar-refractivity contribution in [3.8, 4) is 22.5 Å². The van der Waals surface area contributed by atoms with Gasteiger partial charge in [-0.05, 0) is 33.7 Å². The van der Waals surface area contributed by atoms with Crippen LogP contribution in [0.15, 0.2) is 67.0 Å². The van der Waals surface area contributed by atoms with Crippen molar-refractivity contribution >= 4 is 17.8 Å². The Kier molecular flexibility index (Phi) is 4.57. The zero-order valence-electron chi connectivity index (χ0n) is 14.3. The Labute approximate surface area is 155 Å². The highest BCUT2D eigenvalue weighted by atomic mass is 15.3. The number of hydrogen-bond donors (Lipinski definition) is 1. The summed E-state index contributed by atoms with van der Waals surface area (Å²) in [5.74, 6) is 0. The van der Waals surface area contributed by atoms with Crippen molar-refractivity contribution in [1.29, 1.82) is 0 Å². The summed E-state index contributed by atoms with van der Waals surface area (Å²) in [5, 5.41) is 23.2. The lowest BCUT2D eigenvalue weighted by Gasteiger charge is -2.13. The van der Waals surface area contributed by atoms with Crippen LogP contribution < -0.4 is 5.73 Å². The van der Waals surface area contributed by atoms with Crippen LogP contribution in [0.4, 0.5) is 5.69 Å². The maximum atomic E-state index is 6.51. The van der Waals surface area contributed by atoms with E-state index in [9.17, 15) is 0 Å². The van der Waals surface area contributed by atoms with Gasteiger partial charge < -0.3 is 5.73 Å². The van der Waals surface area contributed by atoms with Crippen molar-refractivity contribution in [3.05, 3.63) is 78.1 Å². The zero-order chi connectivity index (χ0) is 18.5. The van der Waals surface area contributed by atoms with Gasteiger partial charge in [-0.1, -0.05) is 54.6 Å². The minimum Gasteiger partial charge on any atom is -0.398 e. The molecule has 0 atom stereocenters. The van der Waals surface area contributed by atoms with E-state index in [0.29, 0.717) is 17.1 Å². The third kappa shape index (κ3) is 3.52. The number of benzene rings is 2. The summed E-state index contributed by atoms with van der Waals surface area (Å²) >= 11 is 0. The smallest absolute Gasteiger partial charge is 0.0991 e. The first-order valence-electron chi connectivity index (χ1n) is 8.28. The first-order chi connectivity index (χ1) is 13.3. The van der Waals surface area contributed by atoms with E-state index in [-0.39, 0.29) is 0 Å². The van der Waals surface area contributed by atoms with Gasteiger partial charge in [-0.25, -0.2) is 0 Å². The molecule has 2 N–H and O–H groups in total. The highest BCUT2D eigenvalue weighted by Gasteiger charge is 2.16. The van der Waals surface area contributed by atoms with E-state index in [1.165, 1.54) is 0 Å². The Bertz CT molecular complexity index is 1070. The summed E-state index contributed by atoms with van der Waals surface area (Å²) in [6.07, 6.45) is 7.16. The predicted octanol–water partition coefficient (Wildman–Crippen LogP) is 3.14. The molecule has 0 aliphatic heterocycles. The average molecular weight is 353 g/mol. The standard InChI is InChI=1S/C20H15N7/c21-20-15(7-6-14-4-2-1-3-5-14)8-9-16(17-10-12-22-26-24-17)19(20)18-11-13-23-27-25-18/h1-13H,21H2. The Morgan fingerprint density at radius 2 is 1.41 bits per heavy atom. The number of hydrogen-bond acceptors (Lipinski definition) is 7. The zero-order valence-corrected chi connectivity index (χ0v) is 14.3. The molecule has 4 rings (SSSR count). The monoisotopic (exact) mass is 353 g/mol. The molecular formula is C20H15N7. The van der Waals surface area contributed by atoms with Crippen molar-refractivity contribution in [3.63, 3.8) is 0 Å². The summed E-state index contributed by atoms with van der Waals surface area (Å²) in [5.41, 5.74) is 11.9. The Morgan fingerprint density at radius 1 is 0.704 bits per heavy atom. The fraction of sp³-hybridized carbons (Fsp3) is 0. The molecule has 0 aliphatic carbocycles. The molecule has 0 bridgehead atoms. The molecule has 130 valence electrons. The molecule has 0 saturated carbocycles. The van der Waals surface area contributed by atoms with Gasteiger partial charge in [-0.3, -0.25) is 0 Å². The molecule has 0 aliphatic rings. The number of nitrogens with two attached hydrogens (primary N) is 1. The molecule has 7 nitrogen and oxygen atoms in total. The molecule has 2 aromatic heterocycles. The molecule has 27 heavy (non-hydrogen) atoms. The maximum absolute atomic E-state index is 6.51. The van der Waals surface area contributed by atoms with Gasteiger partial charge >= 0.3 is 0 Å². The maximum Gasteiger partial charge on any atom is 0.0991 e. The molecule has 0 unspecified atom stereocenters. The Balaban J connectivity index is 1.86. The highest BCUT2D eigenvalue weighted by Crippen LogP contribution is 2.36. The molecule has 0 spiro atoms. The second-order valence-corrected chi connectivity index (χ2v) is 5.75. The van der Waals surface area contributed by atoms with Crippen LogP contribution in [0.1, 0.15) is 11.1 Å². The third-order valence-corrected chi connectivity index (χ3v) is 4.07. The van der Waals surface area contributed by atoms with Crippen LogP contribution >= 0.6 is 0 Å². The van der Waals surface area contributed by atoms with E-state index >= 15 is 0 Å². The molecular weight excluding hydrogens is 338 g/mol. The SMILES string of the molecule is Nc1c(C=Cc2ccccc2)ccc(-c2ccnnn2)c1-c1ccnnn1. The number of nitrogens with zero attached hydrogens (tertiary/aromatic N) is 6. The third-order valence-electron chi connectivity index (χ3n) is 4.07. The number of rotatable bonds is 4. The summed E-state index contributed by atoms with van der Waals surface area (Å²) in [4.78, 5) is 0. The molecule has 2 aromatic carbocycles. The molecule has 7 heteroatoms. The number of aromatic nitrogens is 6. The second-order valence-electron chi connectivity index (χ2n) is 5.75. The van der Waals surface area contributed by atoms with E-state index in [0.717, 1.165) is 22.3 Å². The molecule has 0 radical (unpaired) electrons. The number of anilines is 1. The van der Waals surface area contributed by atoms with Gasteiger partial charge in [0.15, 0.2) is 0 Å². The Morgan fingerprint density at radius 3 is 2.07 bits per heavy atom. The van der Waals surface area contributed by atoms with Crippen LogP contribution in [0.3, 0.4) is 0 Å². The van der Waals surface area contributed by atoms with Gasteiger partial charge in [-0.2, -0.15) is 0 Å². The first-order valence-corrected chi connectivity index (χ1v) is 8.28. The van der Waals surface area contributed by atoms with E-state index < -0.39 is 0 Å². The van der Waals surface area contributed by atoms with Crippen LogP contribution in [0.5, 0.6) is 0 Å². The predicted molar refractivity (Wildman–Crippen MR) is 104 cm³/mol. The summed E-state index contributed by atoms with van der Waals surface area (Å²) in [6.45, 7) is 0. The molecule has 2 heterocycles. The molecule has 0 saturated heterocycles. The van der Waals surface area contributed by atoms with Crippen LogP contribution in [-0.2, 0) is 0 Å². The van der Waals surface area contributed by atoms with Crippen LogP contribution in [0.2, 0.25) is 0 Å². The lowest BCUT2D eigenvalue weighted by atomic mass is 9.95. The fourth-order valence-electron chi connectivity index (χ4n) is 2.78. The van der Waals surface area contributed by atoms with Crippen LogP contribution in [0, 0.1) is 0 Å². The van der Waals surface area contributed by atoms with Crippen molar-refractivity contribution in [2.24, 2.45) is 0 Å². The van der Waals surface area contributed by atoms with E-state index in [1.54, 1.807) is 24.5 Å².